The van der Waals surface area contributed by atoms with Crippen molar-refractivity contribution in [2.75, 3.05) is 104 Å². The Morgan fingerprint density at radius 2 is 0.727 bits per heavy atom. The number of hydrogen-bond acceptors (Lipinski definition) is 12. The molecule has 8 aliphatic rings. The molecule has 55 heavy (non-hydrogen) atoms. The van der Waals surface area contributed by atoms with Gasteiger partial charge in [0.15, 0.2) is 0 Å². The van der Waals surface area contributed by atoms with Crippen molar-refractivity contribution in [2.24, 2.45) is 69.3 Å². The number of nitrogens with zero attached hydrogens (tertiary/aromatic N) is 2. The molecule has 12 nitrogen and oxygen atoms in total. The van der Waals surface area contributed by atoms with E-state index in [9.17, 15) is 9.13 Å². The van der Waals surface area contributed by atoms with E-state index in [1.54, 1.807) is 0 Å². The predicted octanol–water partition coefficient (Wildman–Crippen LogP) is 6.26. The van der Waals surface area contributed by atoms with Gasteiger partial charge in [0, 0.05) is 13.1 Å². The average molecular weight is 815 g/mol. The maximum absolute atomic E-state index is 14.6. The average Bonchev–Trinajstić information content (AvgIpc) is 3.15. The van der Waals surface area contributed by atoms with Gasteiger partial charge < -0.3 is 50.8 Å². The van der Waals surface area contributed by atoms with Crippen LogP contribution in [0.4, 0.5) is 0 Å². The lowest BCUT2D eigenvalue weighted by Crippen LogP contribution is -2.48. The lowest BCUT2D eigenvalue weighted by Gasteiger charge is -2.56. The minimum absolute atomic E-state index is 0.137. The van der Waals surface area contributed by atoms with Gasteiger partial charge in [-0.3, -0.25) is 9.13 Å². The van der Waals surface area contributed by atoms with Gasteiger partial charge in [0.2, 0.25) is 0 Å². The second kappa shape index (κ2) is 21.0. The normalized spacial score (nSPS) is 34.2. The van der Waals surface area contributed by atoms with Crippen molar-refractivity contribution in [2.45, 2.75) is 109 Å². The van der Waals surface area contributed by atoms with Gasteiger partial charge in [-0.15, -0.1) is 0 Å². The Labute approximate surface area is 334 Å². The molecule has 0 aromatic rings. The summed E-state index contributed by atoms with van der Waals surface area (Å²) < 4.78 is 54.9. The minimum Gasteiger partial charge on any atom is -0.330 e. The van der Waals surface area contributed by atoms with Crippen molar-refractivity contribution in [3.8, 4) is 0 Å². The highest BCUT2D eigenvalue weighted by atomic mass is 31.2. The number of rotatable bonds is 30. The Morgan fingerprint density at radius 1 is 0.436 bits per heavy atom. The summed E-state index contributed by atoms with van der Waals surface area (Å²) in [4.78, 5) is 4.60. The molecule has 0 amide bonds. The van der Waals surface area contributed by atoms with E-state index >= 15 is 0 Å². The summed E-state index contributed by atoms with van der Waals surface area (Å²) in [5.74, 6) is 4.78. The molecule has 0 saturated heterocycles. The minimum atomic E-state index is -3.42. The van der Waals surface area contributed by atoms with E-state index in [0.717, 1.165) is 87.4 Å². The van der Waals surface area contributed by atoms with Gasteiger partial charge in [0.25, 0.3) is 0 Å². The van der Waals surface area contributed by atoms with E-state index in [0.29, 0.717) is 71.2 Å². The van der Waals surface area contributed by atoms with Gasteiger partial charge in [0.1, 0.15) is 0 Å². The molecule has 0 aromatic heterocycles. The second-order valence-electron chi connectivity index (χ2n) is 19.3. The summed E-state index contributed by atoms with van der Waals surface area (Å²) >= 11 is 0. The molecule has 0 spiro atoms. The Kier molecular flexibility index (Phi) is 17.1. The van der Waals surface area contributed by atoms with Gasteiger partial charge in [-0.05, 0) is 208 Å². The smallest absolute Gasteiger partial charge is 0.330 e. The molecule has 14 heteroatoms. The largest absolute Gasteiger partial charge is 0.331 e. The molecule has 0 aromatic carbocycles. The van der Waals surface area contributed by atoms with Gasteiger partial charge in [-0.25, -0.2) is 0 Å². The summed E-state index contributed by atoms with van der Waals surface area (Å²) in [5, 5.41) is 0. The molecule has 8 saturated carbocycles. The zero-order valence-corrected chi connectivity index (χ0v) is 36.1. The van der Waals surface area contributed by atoms with Crippen LogP contribution in [0.1, 0.15) is 109 Å². The third-order valence-electron chi connectivity index (χ3n) is 14.4. The first-order valence-corrected chi connectivity index (χ1v) is 26.0. The van der Waals surface area contributed by atoms with Crippen molar-refractivity contribution in [3.63, 3.8) is 0 Å². The number of nitrogens with two attached hydrogens (primary N) is 4. The van der Waals surface area contributed by atoms with E-state index in [-0.39, 0.29) is 24.0 Å². The van der Waals surface area contributed by atoms with Crippen molar-refractivity contribution in [1.29, 1.82) is 0 Å². The molecule has 8 N–H and O–H groups in total. The molecule has 8 aliphatic carbocycles. The molecule has 0 aliphatic heterocycles. The van der Waals surface area contributed by atoms with Crippen molar-refractivity contribution < 1.29 is 27.2 Å². The van der Waals surface area contributed by atoms with Crippen LogP contribution in [0.15, 0.2) is 0 Å². The number of hydrogen-bond donors (Lipinski definition) is 4. The van der Waals surface area contributed by atoms with Crippen LogP contribution in [-0.4, -0.2) is 114 Å². The van der Waals surface area contributed by atoms with Gasteiger partial charge in [-0.2, -0.15) is 0 Å². The van der Waals surface area contributed by atoms with Crippen LogP contribution >= 0.6 is 15.2 Å². The SMILES string of the molecule is NCCCN(CCCN)CCP(=O)(OCCCOP(=O)(CCN(CCCN)CCCN)OCC12CC3CC(CC(C3)C1)C2)OCC12CC3CC(CC(C3)C1)C2. The molecule has 8 rings (SSSR count). The Balaban J connectivity index is 1.06. The third-order valence-corrected chi connectivity index (χ3v) is 18.1. The van der Waals surface area contributed by atoms with Crippen molar-refractivity contribution in [3.05, 3.63) is 0 Å². The Bertz CT molecular complexity index is 1080. The molecule has 320 valence electrons. The highest BCUT2D eigenvalue weighted by Crippen LogP contribution is 2.63. The third kappa shape index (κ3) is 13.0. The van der Waals surface area contributed by atoms with Crippen LogP contribution in [0.5, 0.6) is 0 Å². The second-order valence-corrected chi connectivity index (χ2v) is 23.7. The summed E-state index contributed by atoms with van der Waals surface area (Å²) in [7, 11) is -6.84. The maximum atomic E-state index is 14.6. The molecule has 2 atom stereocenters. The van der Waals surface area contributed by atoms with E-state index in [2.05, 4.69) is 9.80 Å². The first-order chi connectivity index (χ1) is 26.6. The van der Waals surface area contributed by atoms with Crippen LogP contribution in [0.25, 0.3) is 0 Å². The summed E-state index contributed by atoms with van der Waals surface area (Å²) in [5.41, 5.74) is 23.7. The van der Waals surface area contributed by atoms with Gasteiger partial charge in [0.05, 0.1) is 38.8 Å². The fourth-order valence-electron chi connectivity index (χ4n) is 12.7. The maximum Gasteiger partial charge on any atom is 0.331 e. The van der Waals surface area contributed by atoms with Crippen LogP contribution < -0.4 is 22.9 Å². The zero-order valence-electron chi connectivity index (χ0n) is 34.3. The molecule has 8 bridgehead atoms. The molecule has 0 heterocycles. The van der Waals surface area contributed by atoms with Crippen molar-refractivity contribution >= 4 is 15.2 Å². The highest BCUT2D eigenvalue weighted by Gasteiger charge is 2.53. The van der Waals surface area contributed by atoms with Gasteiger partial charge >= 0.3 is 15.2 Å². The lowest BCUT2D eigenvalue weighted by molar-refractivity contribution is -0.0771. The molecular weight excluding hydrogens is 734 g/mol. The molecule has 0 radical (unpaired) electrons. The summed E-state index contributed by atoms with van der Waals surface area (Å²) in [6.45, 7) is 8.55. The lowest BCUT2D eigenvalue weighted by atomic mass is 9.50. The van der Waals surface area contributed by atoms with E-state index in [1.807, 2.05) is 0 Å². The van der Waals surface area contributed by atoms with Crippen LogP contribution in [0, 0.1) is 46.3 Å². The predicted molar refractivity (Wildman–Crippen MR) is 222 cm³/mol. The van der Waals surface area contributed by atoms with Gasteiger partial charge in [-0.1, -0.05) is 0 Å². The Hall–Kier alpha value is 0.0600. The monoisotopic (exact) mass is 815 g/mol. The fourth-order valence-corrected chi connectivity index (χ4v) is 16.1. The van der Waals surface area contributed by atoms with E-state index in [1.165, 1.54) is 77.0 Å². The fraction of sp³-hybridized carbons (Fsp3) is 1.00. The topological polar surface area (TPSA) is 182 Å². The van der Waals surface area contributed by atoms with Crippen molar-refractivity contribution in [1.82, 2.24) is 9.80 Å². The highest BCUT2D eigenvalue weighted by molar-refractivity contribution is 7.54. The first-order valence-electron chi connectivity index (χ1n) is 22.6. The van der Waals surface area contributed by atoms with E-state index < -0.39 is 15.2 Å². The molecule has 2 unspecified atom stereocenters. The quantitative estimate of drug-likeness (QED) is 0.0473. The van der Waals surface area contributed by atoms with Crippen LogP contribution in [0.3, 0.4) is 0 Å². The molecular formula is C41H80N6O6P2. The summed E-state index contributed by atoms with van der Waals surface area (Å²) in [6.07, 6.45) is 20.0. The molecule has 8 fully saturated rings. The zero-order chi connectivity index (χ0) is 38.8. The standard InChI is InChI=1S/C41H80N6O6P2/c42-6-1-10-46(11-2-7-43)14-18-54(48,52-32-40-26-34-20-35(27-40)22-36(21-34)28-40)50-16-5-17-51-55(49,19-15-47(12-3-8-44)13-4-9-45)53-33-41-29-37-23-38(30-41)25-39(24-37)31-41/h34-39H,1-33,42-45H2. The Morgan fingerprint density at radius 3 is 1.00 bits per heavy atom. The first kappa shape index (κ1) is 44.6. The summed E-state index contributed by atoms with van der Waals surface area (Å²) in [6, 6.07) is 0. The van der Waals surface area contributed by atoms with Crippen LogP contribution in [0.2, 0.25) is 0 Å². The van der Waals surface area contributed by atoms with E-state index in [4.69, 9.17) is 41.0 Å². The van der Waals surface area contributed by atoms with Crippen LogP contribution in [-0.2, 0) is 27.2 Å².